The summed E-state index contributed by atoms with van der Waals surface area (Å²) in [6, 6.07) is 108. The van der Waals surface area contributed by atoms with Gasteiger partial charge >= 0.3 is 0 Å². The number of fused-ring (bicyclic) bond motifs is 12. The Kier molecular flexibility index (Phi) is 13.5. The van der Waals surface area contributed by atoms with E-state index in [1.165, 1.54) is 77.9 Å². The van der Waals surface area contributed by atoms with Gasteiger partial charge in [0.1, 0.15) is 22.3 Å². The second-order valence-corrected chi connectivity index (χ2v) is 28.1. The Morgan fingerprint density at radius 1 is 0.245 bits per heavy atom. The molecule has 16 aromatic rings. The van der Waals surface area contributed by atoms with E-state index in [-0.39, 0.29) is 10.8 Å². The topological polar surface area (TPSA) is 32.8 Å². The molecule has 0 atom stereocenters. The molecular weight excluding hydrogens is 1190 g/mol. The van der Waals surface area contributed by atoms with Gasteiger partial charge in [-0.05, 0) is 201 Å². The Morgan fingerprint density at radius 3 is 1.01 bits per heavy atom. The van der Waals surface area contributed by atoms with Crippen molar-refractivity contribution in [2.75, 3.05) is 9.80 Å². The van der Waals surface area contributed by atoms with Gasteiger partial charge in [-0.1, -0.05) is 246 Å². The van der Waals surface area contributed by atoms with Crippen LogP contribution in [0.2, 0.25) is 0 Å². The highest BCUT2D eigenvalue weighted by molar-refractivity contribution is 6.11. The number of benzene rings is 14. The fourth-order valence-electron chi connectivity index (χ4n) is 16.6. The number of aryl methyl sites for hydroxylation is 4. The molecule has 4 heteroatoms. The molecule has 4 nitrogen and oxygen atoms in total. The van der Waals surface area contributed by atoms with Crippen LogP contribution in [0.25, 0.3) is 122 Å². The Balaban J connectivity index is 0.757. The Bertz CT molecular complexity index is 5570. The maximum absolute atomic E-state index is 6.60. The molecule has 0 amide bonds. The van der Waals surface area contributed by atoms with Crippen molar-refractivity contribution in [1.29, 1.82) is 0 Å². The molecular formula is C94H72N2O2. The van der Waals surface area contributed by atoms with Gasteiger partial charge in [0.15, 0.2) is 0 Å². The first-order chi connectivity index (χ1) is 47.8. The highest BCUT2D eigenvalue weighted by atomic mass is 16.3. The van der Waals surface area contributed by atoms with Crippen LogP contribution in [0.5, 0.6) is 0 Å². The molecule has 2 aliphatic rings. The zero-order chi connectivity index (χ0) is 66.3. The lowest BCUT2D eigenvalue weighted by atomic mass is 9.81. The predicted molar refractivity (Wildman–Crippen MR) is 412 cm³/mol. The lowest BCUT2D eigenvalue weighted by molar-refractivity contribution is 0.660. The SMILES string of the molecule is Cc1cc(-c2ccc(N(c3ccc(-c4cccc5c4oc4ccccc45)cc3)c3c(C)cccc3-c3ccc4c(c3)C(C)(C)c3ccccc3-4)c(C)c2)ccc1N(c1ccc(-c2cccc3c2oc2ccccc23)cc1)c1c(C)cccc1-c1ccc2c(c1)C(C)(C)c1ccccc1-2. The first-order valence-electron chi connectivity index (χ1n) is 34.3. The Labute approximate surface area is 573 Å². The smallest absolute Gasteiger partial charge is 0.143 e. The van der Waals surface area contributed by atoms with Crippen molar-refractivity contribution < 1.29 is 8.83 Å². The minimum Gasteiger partial charge on any atom is -0.455 e. The van der Waals surface area contributed by atoms with E-state index in [1.54, 1.807) is 0 Å². The van der Waals surface area contributed by atoms with Gasteiger partial charge in [-0.15, -0.1) is 0 Å². The molecule has 0 saturated heterocycles. The van der Waals surface area contributed by atoms with E-state index in [2.05, 4.69) is 344 Å². The summed E-state index contributed by atoms with van der Waals surface area (Å²) in [6.07, 6.45) is 0. The van der Waals surface area contributed by atoms with Crippen molar-refractivity contribution in [3.05, 3.63) is 336 Å². The quantitative estimate of drug-likeness (QED) is 0.129. The second kappa shape index (κ2) is 22.4. The minimum atomic E-state index is -0.151. The van der Waals surface area contributed by atoms with Crippen LogP contribution in [0.1, 0.15) is 72.2 Å². The number of rotatable bonds is 11. The van der Waals surface area contributed by atoms with Gasteiger partial charge in [0.05, 0.1) is 11.4 Å². The van der Waals surface area contributed by atoms with Crippen molar-refractivity contribution in [2.45, 2.75) is 66.2 Å². The highest BCUT2D eigenvalue weighted by Gasteiger charge is 2.38. The van der Waals surface area contributed by atoms with Crippen molar-refractivity contribution >= 4 is 78.0 Å². The highest BCUT2D eigenvalue weighted by Crippen LogP contribution is 2.55. The molecule has 18 rings (SSSR count). The van der Waals surface area contributed by atoms with Crippen LogP contribution in [-0.4, -0.2) is 0 Å². The molecule has 2 heterocycles. The maximum Gasteiger partial charge on any atom is 0.143 e. The lowest BCUT2D eigenvalue weighted by Crippen LogP contribution is -2.16. The average Bonchev–Trinajstić information content (AvgIpc) is 1.54. The first kappa shape index (κ1) is 58.8. The standard InChI is InChI=1S/C94H72N2O2/c1-57-21-17-27-69(65-41-49-75-73-23-9-13-33-81(73)93(5,6)83(75)55-65)89(57)95(67-45-37-61(38-46-67)71-29-19-31-79-77-25-11-15-35-87(77)97-91(71)79)85-51-43-63(53-59(85)3)64-44-52-86(60(4)54-64)96(68-47-39-62(40-48-68)72-30-20-32-80-78-26-12-16-36-88(78)98-92(72)80)90-58(2)22-18-28-70(90)66-42-50-76-74-24-10-14-34-82(74)94(7,8)84(76)56-66/h9-56H,1-8H3. The average molecular weight is 1260 g/mol. The summed E-state index contributed by atoms with van der Waals surface area (Å²) in [6.45, 7) is 18.5. The lowest BCUT2D eigenvalue weighted by Gasteiger charge is -2.32. The summed E-state index contributed by atoms with van der Waals surface area (Å²) < 4.78 is 13.2. The molecule has 0 unspecified atom stereocenters. The largest absolute Gasteiger partial charge is 0.455 e. The van der Waals surface area contributed by atoms with E-state index in [0.29, 0.717) is 0 Å². The molecule has 98 heavy (non-hydrogen) atoms. The minimum absolute atomic E-state index is 0.151. The van der Waals surface area contributed by atoms with E-state index < -0.39 is 0 Å². The van der Waals surface area contributed by atoms with Crippen molar-refractivity contribution in [2.24, 2.45) is 0 Å². The van der Waals surface area contributed by atoms with E-state index in [1.807, 2.05) is 12.1 Å². The van der Waals surface area contributed by atoms with Gasteiger partial charge in [-0.25, -0.2) is 0 Å². The summed E-state index contributed by atoms with van der Waals surface area (Å²) in [7, 11) is 0. The fourth-order valence-corrected chi connectivity index (χ4v) is 16.6. The monoisotopic (exact) mass is 1260 g/mol. The molecule has 0 radical (unpaired) electrons. The van der Waals surface area contributed by atoms with Crippen molar-refractivity contribution in [1.82, 2.24) is 0 Å². The van der Waals surface area contributed by atoms with Crippen LogP contribution in [0.4, 0.5) is 34.1 Å². The van der Waals surface area contributed by atoms with Gasteiger partial charge < -0.3 is 18.6 Å². The van der Waals surface area contributed by atoms with Crippen LogP contribution >= 0.6 is 0 Å². The zero-order valence-electron chi connectivity index (χ0n) is 56.4. The third-order valence-electron chi connectivity index (χ3n) is 21.6. The van der Waals surface area contributed by atoms with Crippen LogP contribution < -0.4 is 9.80 Å². The molecule has 0 fully saturated rings. The van der Waals surface area contributed by atoms with Crippen molar-refractivity contribution in [3.8, 4) is 77.9 Å². The number of anilines is 6. The van der Waals surface area contributed by atoms with E-state index >= 15 is 0 Å². The molecule has 2 aromatic heterocycles. The summed E-state index contributed by atoms with van der Waals surface area (Å²) in [5.74, 6) is 0. The van der Waals surface area contributed by atoms with Gasteiger partial charge in [0, 0.05) is 77.4 Å². The number of nitrogens with zero attached hydrogens (tertiary/aromatic N) is 2. The number of hydrogen-bond donors (Lipinski definition) is 0. The van der Waals surface area contributed by atoms with Crippen molar-refractivity contribution in [3.63, 3.8) is 0 Å². The fraction of sp³-hybridized carbons (Fsp3) is 0.106. The van der Waals surface area contributed by atoms with E-state index in [0.717, 1.165) is 123 Å². The van der Waals surface area contributed by atoms with Gasteiger partial charge in [-0.2, -0.15) is 0 Å². The molecule has 0 spiro atoms. The molecule has 0 saturated carbocycles. The molecule has 470 valence electrons. The normalized spacial score (nSPS) is 13.3. The summed E-state index contributed by atoms with van der Waals surface area (Å²) in [5.41, 5.74) is 36.7. The Hall–Kier alpha value is -11.7. The van der Waals surface area contributed by atoms with Gasteiger partial charge in [0.25, 0.3) is 0 Å². The summed E-state index contributed by atoms with van der Waals surface area (Å²) in [5, 5.41) is 4.49. The molecule has 0 bridgehead atoms. The van der Waals surface area contributed by atoms with Crippen LogP contribution in [0.3, 0.4) is 0 Å². The maximum atomic E-state index is 6.60. The molecule has 0 N–H and O–H groups in total. The number of hydrogen-bond acceptors (Lipinski definition) is 4. The summed E-state index contributed by atoms with van der Waals surface area (Å²) in [4.78, 5) is 5.00. The number of para-hydroxylation sites is 6. The van der Waals surface area contributed by atoms with Crippen LogP contribution in [0.15, 0.2) is 300 Å². The predicted octanol–water partition coefficient (Wildman–Crippen LogP) is 26.6. The number of furan rings is 2. The third-order valence-corrected chi connectivity index (χ3v) is 21.6. The molecule has 0 aliphatic heterocycles. The molecule has 2 aliphatic carbocycles. The third kappa shape index (κ3) is 9.18. The van der Waals surface area contributed by atoms with Crippen LogP contribution in [-0.2, 0) is 10.8 Å². The van der Waals surface area contributed by atoms with Gasteiger partial charge in [-0.3, -0.25) is 0 Å². The zero-order valence-corrected chi connectivity index (χ0v) is 56.4. The van der Waals surface area contributed by atoms with E-state index in [9.17, 15) is 0 Å². The van der Waals surface area contributed by atoms with Gasteiger partial charge in [0.2, 0.25) is 0 Å². The molecule has 14 aromatic carbocycles. The summed E-state index contributed by atoms with van der Waals surface area (Å²) >= 11 is 0. The van der Waals surface area contributed by atoms with E-state index in [4.69, 9.17) is 8.83 Å². The Morgan fingerprint density at radius 2 is 0.582 bits per heavy atom. The second-order valence-electron chi connectivity index (χ2n) is 28.1. The van der Waals surface area contributed by atoms with Crippen LogP contribution in [0, 0.1) is 27.7 Å². The first-order valence-corrected chi connectivity index (χ1v) is 34.3.